The fraction of sp³-hybridized carbons (Fsp3) is 0.263. The van der Waals surface area contributed by atoms with Crippen LogP contribution in [0.4, 0.5) is 0 Å². The highest BCUT2D eigenvalue weighted by molar-refractivity contribution is 9.10. The van der Waals surface area contributed by atoms with E-state index in [0.29, 0.717) is 17.6 Å². The van der Waals surface area contributed by atoms with Crippen LogP contribution in [0.1, 0.15) is 24.8 Å². The van der Waals surface area contributed by atoms with Crippen LogP contribution in [0.5, 0.6) is 5.75 Å². The molecule has 1 aromatic carbocycles. The first-order valence-electron chi connectivity index (χ1n) is 7.57. The summed E-state index contributed by atoms with van der Waals surface area (Å²) >= 11 is 7.03. The first-order chi connectivity index (χ1) is 11.3. The summed E-state index contributed by atoms with van der Waals surface area (Å²) in [4.78, 5) is 25.6. The van der Waals surface area contributed by atoms with Crippen molar-refractivity contribution in [2.45, 2.75) is 23.6 Å². The van der Waals surface area contributed by atoms with Gasteiger partial charge in [0, 0.05) is 21.9 Å². The van der Waals surface area contributed by atoms with Gasteiger partial charge in [0.05, 0.1) is 0 Å². The minimum absolute atomic E-state index is 0.0367. The molecule has 24 heavy (non-hydrogen) atoms. The number of Topliss-reactive ketones (excluding diaryl/α,β-unsaturated/α-hetero) is 1. The number of aromatic hydroxyl groups is 1. The monoisotopic (exact) mass is 450 g/mol. The third kappa shape index (κ3) is 2.45. The van der Waals surface area contributed by atoms with Gasteiger partial charge in [-0.25, -0.2) is 0 Å². The highest BCUT2D eigenvalue weighted by atomic mass is 79.9. The molecule has 0 radical (unpaired) electrons. The second-order valence-electron chi connectivity index (χ2n) is 6.16. The summed E-state index contributed by atoms with van der Waals surface area (Å²) in [7, 11) is 0. The van der Waals surface area contributed by atoms with Gasteiger partial charge in [-0.3, -0.25) is 9.59 Å². The summed E-state index contributed by atoms with van der Waals surface area (Å²) < 4.78 is -0.321. The number of hydrogen-bond donors (Lipinski definition) is 1. The van der Waals surface area contributed by atoms with Crippen molar-refractivity contribution in [1.29, 1.82) is 0 Å². The summed E-state index contributed by atoms with van der Waals surface area (Å²) in [6, 6.07) is 5.09. The average Bonchev–Trinajstić information content (AvgIpc) is 2.55. The highest BCUT2D eigenvalue weighted by Gasteiger charge is 2.56. The normalized spacial score (nSPS) is 29.6. The Morgan fingerprint density at radius 1 is 1.38 bits per heavy atom. The molecule has 0 aliphatic heterocycles. The van der Waals surface area contributed by atoms with Gasteiger partial charge in [-0.05, 0) is 48.8 Å². The van der Waals surface area contributed by atoms with Crippen LogP contribution < -0.4 is 0 Å². The SMILES string of the molecule is C=CC1=CC[C@H]2C(=O)C(C)=CC(=O)[C@@]2(Br)[C@H]1c1cc(Br)ccc1O. The number of ketones is 2. The van der Waals surface area contributed by atoms with E-state index in [4.69, 9.17) is 0 Å². The summed E-state index contributed by atoms with van der Waals surface area (Å²) in [6.07, 6.45) is 5.49. The molecule has 1 aromatic rings. The lowest BCUT2D eigenvalue weighted by Gasteiger charge is -2.45. The maximum absolute atomic E-state index is 12.9. The quantitative estimate of drug-likeness (QED) is 0.668. The number of halogens is 2. The van der Waals surface area contributed by atoms with Crippen LogP contribution in [-0.2, 0) is 9.59 Å². The van der Waals surface area contributed by atoms with E-state index in [2.05, 4.69) is 38.4 Å². The Bertz CT molecular complexity index is 822. The predicted molar refractivity (Wildman–Crippen MR) is 100 cm³/mol. The molecular formula is C19H16Br2O3. The Hall–Kier alpha value is -1.46. The molecule has 1 N–H and O–H groups in total. The Morgan fingerprint density at radius 3 is 2.75 bits per heavy atom. The maximum Gasteiger partial charge on any atom is 0.174 e. The Morgan fingerprint density at radius 2 is 2.08 bits per heavy atom. The summed E-state index contributed by atoms with van der Waals surface area (Å²) in [5.74, 6) is -1.09. The van der Waals surface area contributed by atoms with Gasteiger partial charge in [0.25, 0.3) is 0 Å². The molecule has 0 heterocycles. The lowest BCUT2D eigenvalue weighted by molar-refractivity contribution is -0.128. The van der Waals surface area contributed by atoms with Crippen molar-refractivity contribution in [3.63, 3.8) is 0 Å². The van der Waals surface area contributed by atoms with Crippen molar-refractivity contribution in [3.05, 3.63) is 64.2 Å². The molecule has 0 unspecified atom stereocenters. The van der Waals surface area contributed by atoms with Crippen molar-refractivity contribution in [3.8, 4) is 5.75 Å². The lowest BCUT2D eigenvalue weighted by atomic mass is 9.62. The van der Waals surface area contributed by atoms with E-state index in [-0.39, 0.29) is 17.3 Å². The van der Waals surface area contributed by atoms with Gasteiger partial charge in [0.1, 0.15) is 10.1 Å². The van der Waals surface area contributed by atoms with Crippen molar-refractivity contribution in [1.82, 2.24) is 0 Å². The number of hydrogen-bond acceptors (Lipinski definition) is 3. The number of phenolic OH excluding ortho intramolecular Hbond substituents is 1. The minimum atomic E-state index is -1.11. The highest BCUT2D eigenvalue weighted by Crippen LogP contribution is 2.55. The molecule has 2 aliphatic rings. The molecule has 0 spiro atoms. The first-order valence-corrected chi connectivity index (χ1v) is 9.16. The van der Waals surface area contributed by atoms with Gasteiger partial charge in [-0.1, -0.05) is 50.6 Å². The summed E-state index contributed by atoms with van der Waals surface area (Å²) in [5.41, 5.74) is 1.89. The van der Waals surface area contributed by atoms with Gasteiger partial charge in [0.2, 0.25) is 0 Å². The zero-order valence-electron chi connectivity index (χ0n) is 13.1. The van der Waals surface area contributed by atoms with E-state index in [9.17, 15) is 14.7 Å². The van der Waals surface area contributed by atoms with Crippen molar-refractivity contribution < 1.29 is 14.7 Å². The smallest absolute Gasteiger partial charge is 0.174 e. The Labute approximate surface area is 157 Å². The number of benzene rings is 1. The lowest BCUT2D eigenvalue weighted by Crippen LogP contribution is -2.52. The van der Waals surface area contributed by atoms with Crippen molar-refractivity contribution in [2.24, 2.45) is 5.92 Å². The average molecular weight is 452 g/mol. The zero-order chi connectivity index (χ0) is 17.6. The minimum Gasteiger partial charge on any atom is -0.508 e. The number of carbonyl (C=O) groups is 2. The molecule has 0 fully saturated rings. The van der Waals surface area contributed by atoms with Gasteiger partial charge < -0.3 is 5.11 Å². The molecule has 3 atom stereocenters. The molecule has 0 bridgehead atoms. The van der Waals surface area contributed by atoms with Gasteiger partial charge >= 0.3 is 0 Å². The molecule has 0 saturated heterocycles. The Kier molecular flexibility index (Phi) is 4.43. The summed E-state index contributed by atoms with van der Waals surface area (Å²) in [6.45, 7) is 5.52. The second-order valence-corrected chi connectivity index (χ2v) is 8.38. The van der Waals surface area contributed by atoms with Crippen LogP contribution in [0.2, 0.25) is 0 Å². The molecule has 3 rings (SSSR count). The van der Waals surface area contributed by atoms with Gasteiger partial charge in [0.15, 0.2) is 11.6 Å². The van der Waals surface area contributed by atoms with E-state index in [0.717, 1.165) is 10.0 Å². The molecule has 3 nitrogen and oxygen atoms in total. The van der Waals surface area contributed by atoms with Gasteiger partial charge in [-0.2, -0.15) is 0 Å². The van der Waals surface area contributed by atoms with Crippen molar-refractivity contribution >= 4 is 43.4 Å². The van der Waals surface area contributed by atoms with E-state index in [1.807, 2.05) is 6.08 Å². The topological polar surface area (TPSA) is 54.4 Å². The molecule has 124 valence electrons. The van der Waals surface area contributed by atoms with Crippen LogP contribution in [-0.4, -0.2) is 21.0 Å². The number of carbonyl (C=O) groups excluding carboxylic acids is 2. The van der Waals surface area contributed by atoms with Crippen LogP contribution in [0.25, 0.3) is 0 Å². The predicted octanol–water partition coefficient (Wildman–Crippen LogP) is 4.60. The fourth-order valence-corrected chi connectivity index (χ4v) is 5.01. The first kappa shape index (κ1) is 17.4. The van der Waals surface area contributed by atoms with E-state index in [1.54, 1.807) is 31.2 Å². The third-order valence-corrected chi connectivity index (χ3v) is 6.71. The summed E-state index contributed by atoms with van der Waals surface area (Å²) in [5, 5.41) is 10.4. The van der Waals surface area contributed by atoms with E-state index < -0.39 is 16.2 Å². The standard InChI is InChI=1S/C19H16Br2O3/c1-3-11-4-6-14-18(24)10(2)8-16(23)19(14,21)17(11)13-9-12(20)5-7-15(13)22/h3-5,7-9,14,17,22H,1,6H2,2H3/t14-,17+,19+/m0/s1. The number of alkyl halides is 1. The van der Waals surface area contributed by atoms with Crippen LogP contribution >= 0.6 is 31.9 Å². The van der Waals surface area contributed by atoms with Crippen LogP contribution in [0, 0.1) is 5.92 Å². The number of rotatable bonds is 2. The van der Waals surface area contributed by atoms with Gasteiger partial charge in [-0.15, -0.1) is 0 Å². The Balaban J connectivity index is 2.28. The second kappa shape index (κ2) is 6.12. The fourth-order valence-electron chi connectivity index (χ4n) is 3.62. The molecule has 0 aromatic heterocycles. The zero-order valence-corrected chi connectivity index (χ0v) is 16.2. The maximum atomic E-state index is 12.9. The van der Waals surface area contributed by atoms with Crippen LogP contribution in [0.15, 0.2) is 58.6 Å². The third-order valence-electron chi connectivity index (χ3n) is 4.82. The molecule has 0 amide bonds. The molecule has 5 heteroatoms. The number of allylic oxidation sites excluding steroid dienone is 5. The number of phenols is 1. The van der Waals surface area contributed by atoms with Crippen molar-refractivity contribution in [2.75, 3.05) is 0 Å². The largest absolute Gasteiger partial charge is 0.508 e. The van der Waals surface area contributed by atoms with E-state index in [1.165, 1.54) is 6.08 Å². The molecular weight excluding hydrogens is 436 g/mol. The molecule has 0 saturated carbocycles. The molecule has 2 aliphatic carbocycles. The number of fused-ring (bicyclic) bond motifs is 1. The van der Waals surface area contributed by atoms with Crippen LogP contribution in [0.3, 0.4) is 0 Å². The van der Waals surface area contributed by atoms with E-state index >= 15 is 0 Å².